The highest BCUT2D eigenvalue weighted by Gasteiger charge is 2.43. The molecule has 1 aromatic rings. The molecule has 0 aliphatic heterocycles. The molecule has 0 heterocycles. The van der Waals surface area contributed by atoms with Crippen LogP contribution in [-0.4, -0.2) is 22.5 Å². The van der Waals surface area contributed by atoms with Crippen LogP contribution in [0, 0.1) is 7.14 Å². The number of phenolic OH excluding ortho intramolecular Hbond substituents is 1. The van der Waals surface area contributed by atoms with E-state index in [0.29, 0.717) is 7.14 Å². The molecule has 0 aromatic heterocycles. The number of rotatable bonds is 2. The molecule has 0 unspecified atom stereocenters. The van der Waals surface area contributed by atoms with Crippen LogP contribution in [0.4, 0.5) is 13.2 Å². The van der Waals surface area contributed by atoms with E-state index >= 15 is 0 Å². The Bertz CT molecular complexity index is 431. The first-order valence-electron chi connectivity index (χ1n) is 4.33. The van der Waals surface area contributed by atoms with Gasteiger partial charge in [0.2, 0.25) is 0 Å². The number of hydrogen-bond acceptors (Lipinski definition) is 3. The predicted octanol–water partition coefficient (Wildman–Crippen LogP) is 2.95. The van der Waals surface area contributed by atoms with Gasteiger partial charge >= 0.3 is 6.18 Å². The smallest absolute Gasteiger partial charge is 0.416 e. The van der Waals surface area contributed by atoms with Crippen molar-refractivity contribution >= 4 is 57.6 Å². The SMILES string of the molecule is Cl.N[C@H](c1cc(I)cc(I)c1O)[C@@H](O)C(F)(F)F. The van der Waals surface area contributed by atoms with Gasteiger partial charge in [-0.3, -0.25) is 0 Å². The minimum Gasteiger partial charge on any atom is -0.506 e. The highest BCUT2D eigenvalue weighted by Crippen LogP contribution is 2.35. The third-order valence-electron chi connectivity index (χ3n) is 2.09. The molecule has 0 saturated heterocycles. The fraction of sp³-hybridized carbons (Fsp3) is 0.333. The van der Waals surface area contributed by atoms with Crippen LogP contribution in [0.2, 0.25) is 0 Å². The topological polar surface area (TPSA) is 66.5 Å². The molecule has 2 atom stereocenters. The molecule has 4 N–H and O–H groups in total. The molecule has 0 spiro atoms. The monoisotopic (exact) mass is 509 g/mol. The molecule has 104 valence electrons. The lowest BCUT2D eigenvalue weighted by molar-refractivity contribution is -0.210. The van der Waals surface area contributed by atoms with E-state index in [0.717, 1.165) is 0 Å². The van der Waals surface area contributed by atoms with Crippen molar-refractivity contribution < 1.29 is 23.4 Å². The zero-order valence-electron chi connectivity index (χ0n) is 8.58. The van der Waals surface area contributed by atoms with Gasteiger partial charge in [-0.15, -0.1) is 12.4 Å². The van der Waals surface area contributed by atoms with Crippen LogP contribution in [0.5, 0.6) is 5.75 Å². The van der Waals surface area contributed by atoms with E-state index in [1.807, 2.05) is 22.6 Å². The third-order valence-corrected chi connectivity index (χ3v) is 3.54. The standard InChI is InChI=1S/C9H8F3I2NO2.ClH/c10-9(11,12)8(17)6(15)4-1-3(13)2-5(14)7(4)16;/h1-2,6,8,16-17H,15H2;1H/t6-,8-;/m1./s1. The summed E-state index contributed by atoms with van der Waals surface area (Å²) in [5, 5.41) is 18.7. The van der Waals surface area contributed by atoms with Gasteiger partial charge < -0.3 is 15.9 Å². The van der Waals surface area contributed by atoms with E-state index in [-0.39, 0.29) is 23.7 Å². The van der Waals surface area contributed by atoms with Gasteiger partial charge in [0, 0.05) is 9.13 Å². The largest absolute Gasteiger partial charge is 0.506 e. The van der Waals surface area contributed by atoms with Crippen molar-refractivity contribution in [2.24, 2.45) is 5.73 Å². The molecule has 0 saturated carbocycles. The Kier molecular flexibility index (Phi) is 6.95. The maximum atomic E-state index is 12.3. The lowest BCUT2D eigenvalue weighted by Crippen LogP contribution is -2.38. The highest BCUT2D eigenvalue weighted by molar-refractivity contribution is 14.1. The van der Waals surface area contributed by atoms with Gasteiger partial charge in [-0.1, -0.05) is 0 Å². The second-order valence-electron chi connectivity index (χ2n) is 3.34. The molecule has 0 bridgehead atoms. The van der Waals surface area contributed by atoms with E-state index in [9.17, 15) is 18.3 Å². The van der Waals surface area contributed by atoms with Crippen LogP contribution < -0.4 is 5.73 Å². The summed E-state index contributed by atoms with van der Waals surface area (Å²) in [6, 6.07) is 1.20. The Morgan fingerprint density at radius 2 is 1.72 bits per heavy atom. The van der Waals surface area contributed by atoms with Crippen LogP contribution >= 0.6 is 57.6 Å². The van der Waals surface area contributed by atoms with Crippen LogP contribution in [0.1, 0.15) is 11.6 Å². The van der Waals surface area contributed by atoms with Crippen LogP contribution in [0.3, 0.4) is 0 Å². The second kappa shape index (κ2) is 6.77. The zero-order valence-corrected chi connectivity index (χ0v) is 13.7. The number of benzene rings is 1. The second-order valence-corrected chi connectivity index (χ2v) is 5.75. The molecule has 1 rings (SSSR count). The van der Waals surface area contributed by atoms with Gasteiger partial charge in [0.15, 0.2) is 6.10 Å². The molecule has 0 aliphatic carbocycles. The average molecular weight is 509 g/mol. The molecular weight excluding hydrogens is 500 g/mol. The van der Waals surface area contributed by atoms with Crippen LogP contribution in [0.15, 0.2) is 12.1 Å². The maximum absolute atomic E-state index is 12.3. The van der Waals surface area contributed by atoms with E-state index in [4.69, 9.17) is 10.8 Å². The van der Waals surface area contributed by atoms with E-state index in [2.05, 4.69) is 0 Å². The Morgan fingerprint density at radius 3 is 2.17 bits per heavy atom. The first-order chi connectivity index (χ1) is 7.64. The number of hydrogen-bond donors (Lipinski definition) is 3. The fourth-order valence-electron chi connectivity index (χ4n) is 1.21. The van der Waals surface area contributed by atoms with Gasteiger partial charge in [-0.25, -0.2) is 0 Å². The summed E-state index contributed by atoms with van der Waals surface area (Å²) in [6.45, 7) is 0. The van der Waals surface area contributed by atoms with Crippen molar-refractivity contribution in [2.75, 3.05) is 0 Å². The van der Waals surface area contributed by atoms with Crippen molar-refractivity contribution in [3.05, 3.63) is 24.8 Å². The molecular formula is C9H9ClF3I2NO2. The molecule has 3 nitrogen and oxygen atoms in total. The van der Waals surface area contributed by atoms with Gasteiger partial charge in [0.25, 0.3) is 0 Å². The number of alkyl halides is 3. The van der Waals surface area contributed by atoms with Crippen molar-refractivity contribution in [3.63, 3.8) is 0 Å². The molecule has 0 radical (unpaired) electrons. The molecule has 18 heavy (non-hydrogen) atoms. The van der Waals surface area contributed by atoms with Gasteiger partial charge in [-0.05, 0) is 57.3 Å². The normalized spacial score (nSPS) is 14.8. The zero-order chi connectivity index (χ0) is 13.4. The van der Waals surface area contributed by atoms with E-state index < -0.39 is 18.3 Å². The molecule has 0 fully saturated rings. The molecule has 0 amide bonds. The number of nitrogens with two attached hydrogens (primary N) is 1. The summed E-state index contributed by atoms with van der Waals surface area (Å²) < 4.78 is 37.9. The summed E-state index contributed by atoms with van der Waals surface area (Å²) in [5.41, 5.74) is 5.21. The number of aliphatic hydroxyl groups is 1. The minimum atomic E-state index is -4.82. The van der Waals surface area contributed by atoms with Crippen LogP contribution in [-0.2, 0) is 0 Å². The third kappa shape index (κ3) is 4.25. The number of aliphatic hydroxyl groups excluding tert-OH is 1. The summed E-state index contributed by atoms with van der Waals surface area (Å²) in [5.74, 6) is -0.332. The summed E-state index contributed by atoms with van der Waals surface area (Å²) in [6.07, 6.45) is -7.53. The Morgan fingerprint density at radius 1 is 1.22 bits per heavy atom. The summed E-state index contributed by atoms with van der Waals surface area (Å²) >= 11 is 3.67. The van der Waals surface area contributed by atoms with Crippen molar-refractivity contribution in [2.45, 2.75) is 18.3 Å². The first-order valence-corrected chi connectivity index (χ1v) is 6.48. The van der Waals surface area contributed by atoms with E-state index in [1.165, 1.54) is 6.07 Å². The van der Waals surface area contributed by atoms with Crippen molar-refractivity contribution in [1.82, 2.24) is 0 Å². The van der Waals surface area contributed by atoms with Gasteiger partial charge in [0.1, 0.15) is 5.75 Å². The van der Waals surface area contributed by atoms with Gasteiger partial charge in [-0.2, -0.15) is 13.2 Å². The van der Waals surface area contributed by atoms with Gasteiger partial charge in [0.05, 0.1) is 9.61 Å². The van der Waals surface area contributed by atoms with E-state index in [1.54, 1.807) is 28.7 Å². The Labute approximate surface area is 135 Å². The number of aromatic hydroxyl groups is 1. The first kappa shape index (κ1) is 18.5. The molecule has 0 aliphatic rings. The van der Waals surface area contributed by atoms with Crippen molar-refractivity contribution in [1.29, 1.82) is 0 Å². The lowest BCUT2D eigenvalue weighted by Gasteiger charge is -2.22. The molecule has 9 heteroatoms. The fourth-order valence-corrected chi connectivity index (χ4v) is 3.10. The Hall–Kier alpha value is 0.480. The van der Waals surface area contributed by atoms with Crippen LogP contribution in [0.25, 0.3) is 0 Å². The highest BCUT2D eigenvalue weighted by atomic mass is 127. The summed E-state index contributed by atoms with van der Waals surface area (Å²) in [7, 11) is 0. The number of halogens is 6. The average Bonchev–Trinajstić information content (AvgIpc) is 2.20. The quantitative estimate of drug-likeness (QED) is 0.538. The van der Waals surface area contributed by atoms with Crippen molar-refractivity contribution in [3.8, 4) is 5.75 Å². The maximum Gasteiger partial charge on any atom is 0.416 e. The number of phenols is 1. The summed E-state index contributed by atoms with van der Waals surface area (Å²) in [4.78, 5) is 0. The minimum absolute atomic E-state index is 0. The molecule has 1 aromatic carbocycles. The predicted molar refractivity (Wildman–Crippen MR) is 79.8 cm³/mol. The Balaban J connectivity index is 0.00000289. The lowest BCUT2D eigenvalue weighted by atomic mass is 10.0.